The van der Waals surface area contributed by atoms with Gasteiger partial charge in [-0.25, -0.2) is 13.2 Å². The van der Waals surface area contributed by atoms with Gasteiger partial charge in [0.1, 0.15) is 6.61 Å². The van der Waals surface area contributed by atoms with Crippen LogP contribution in [0.3, 0.4) is 0 Å². The van der Waals surface area contributed by atoms with Crippen LogP contribution in [0.15, 0.2) is 30.3 Å². The summed E-state index contributed by atoms with van der Waals surface area (Å²) in [4.78, 5) is 13.6. The van der Waals surface area contributed by atoms with Crippen LogP contribution in [0.5, 0.6) is 0 Å². The Labute approximate surface area is 137 Å². The number of sulfone groups is 1. The number of aliphatic hydroxyl groups is 1. The zero-order valence-electron chi connectivity index (χ0n) is 13.1. The quantitative estimate of drug-likeness (QED) is 0.846. The Balaban J connectivity index is 1.74. The third-order valence-corrected chi connectivity index (χ3v) is 5.75. The molecule has 0 unspecified atom stereocenters. The normalized spacial score (nSPS) is 16.3. The summed E-state index contributed by atoms with van der Waals surface area (Å²) in [6.07, 6.45) is 0.932. The summed E-state index contributed by atoms with van der Waals surface area (Å²) < 4.78 is 28.7. The third-order valence-electron chi connectivity index (χ3n) is 3.97. The van der Waals surface area contributed by atoms with Gasteiger partial charge in [-0.2, -0.15) is 0 Å². The summed E-state index contributed by atoms with van der Waals surface area (Å²) >= 11 is 0. The molecule has 7 heteroatoms. The Morgan fingerprint density at radius 3 is 2.48 bits per heavy atom. The average molecular weight is 341 g/mol. The van der Waals surface area contributed by atoms with Crippen LogP contribution in [0.1, 0.15) is 18.4 Å². The Bertz CT molecular complexity index is 594. The van der Waals surface area contributed by atoms with Crippen LogP contribution in [0, 0.1) is 5.92 Å². The first-order valence-electron chi connectivity index (χ1n) is 7.77. The molecular weight excluding hydrogens is 318 g/mol. The number of amides is 1. The molecule has 23 heavy (non-hydrogen) atoms. The molecular formula is C16H23NO5S. The van der Waals surface area contributed by atoms with Crippen LogP contribution >= 0.6 is 0 Å². The molecule has 1 saturated heterocycles. The van der Waals surface area contributed by atoms with Crippen molar-refractivity contribution in [2.75, 3.05) is 31.2 Å². The molecule has 0 atom stereocenters. The third kappa shape index (κ3) is 5.84. The Hall–Kier alpha value is -1.60. The first-order valence-corrected chi connectivity index (χ1v) is 9.59. The van der Waals surface area contributed by atoms with Gasteiger partial charge in [-0.15, -0.1) is 0 Å². The molecule has 0 radical (unpaired) electrons. The summed E-state index contributed by atoms with van der Waals surface area (Å²) in [5.41, 5.74) is 0.936. The number of hydrogen-bond acceptors (Lipinski definition) is 5. The molecule has 1 aliphatic rings. The van der Waals surface area contributed by atoms with Crippen molar-refractivity contribution in [3.05, 3.63) is 35.9 Å². The van der Waals surface area contributed by atoms with E-state index in [1.165, 1.54) is 0 Å². The van der Waals surface area contributed by atoms with E-state index in [1.54, 1.807) is 4.90 Å². The number of carbonyl (C=O) groups excluding carboxylic acids is 1. The Morgan fingerprint density at radius 2 is 1.87 bits per heavy atom. The zero-order valence-corrected chi connectivity index (χ0v) is 13.9. The lowest BCUT2D eigenvalue weighted by Gasteiger charge is -2.31. The van der Waals surface area contributed by atoms with E-state index in [0.717, 1.165) is 5.56 Å². The number of piperidine rings is 1. The zero-order chi connectivity index (χ0) is 16.7. The topological polar surface area (TPSA) is 83.9 Å². The van der Waals surface area contributed by atoms with E-state index in [9.17, 15) is 13.2 Å². The van der Waals surface area contributed by atoms with Crippen LogP contribution in [-0.2, 0) is 21.2 Å². The second-order valence-electron chi connectivity index (χ2n) is 5.81. The molecule has 1 N–H and O–H groups in total. The maximum absolute atomic E-state index is 12.0. The molecule has 0 aromatic heterocycles. The van der Waals surface area contributed by atoms with E-state index >= 15 is 0 Å². The number of benzene rings is 1. The van der Waals surface area contributed by atoms with Crippen LogP contribution < -0.4 is 0 Å². The fraction of sp³-hybridized carbons (Fsp3) is 0.562. The van der Waals surface area contributed by atoms with Crippen molar-refractivity contribution in [3.8, 4) is 0 Å². The minimum atomic E-state index is -3.20. The van der Waals surface area contributed by atoms with Gasteiger partial charge < -0.3 is 14.7 Å². The summed E-state index contributed by atoms with van der Waals surface area (Å²) in [5.74, 6) is -0.0583. The van der Waals surface area contributed by atoms with Gasteiger partial charge in [0, 0.05) is 13.1 Å². The van der Waals surface area contributed by atoms with E-state index < -0.39 is 9.84 Å². The van der Waals surface area contributed by atoms with E-state index in [2.05, 4.69) is 0 Å². The summed E-state index contributed by atoms with van der Waals surface area (Å²) in [5, 5.41) is 8.75. The molecule has 0 aliphatic carbocycles. The number of rotatable bonds is 6. The van der Waals surface area contributed by atoms with Crippen molar-refractivity contribution in [2.24, 2.45) is 5.92 Å². The smallest absolute Gasteiger partial charge is 0.410 e. The van der Waals surface area contributed by atoms with Crippen LogP contribution in [0.25, 0.3) is 0 Å². The standard InChI is InChI=1S/C16H23NO5S/c18-10-11-23(20,21)13-15-6-8-17(9-7-15)16(19)22-12-14-4-2-1-3-5-14/h1-5,15,18H,6-13H2. The fourth-order valence-corrected chi connectivity index (χ4v) is 4.17. The predicted molar refractivity (Wildman–Crippen MR) is 86.7 cm³/mol. The van der Waals surface area contributed by atoms with E-state index in [0.29, 0.717) is 25.9 Å². The molecule has 1 fully saturated rings. The van der Waals surface area contributed by atoms with Crippen molar-refractivity contribution >= 4 is 15.9 Å². The van der Waals surface area contributed by atoms with Crippen molar-refractivity contribution in [3.63, 3.8) is 0 Å². The molecule has 1 aliphatic heterocycles. The van der Waals surface area contributed by atoms with Gasteiger partial charge in [0.15, 0.2) is 9.84 Å². The SMILES string of the molecule is O=C(OCc1ccccc1)N1CCC(CS(=O)(=O)CCO)CC1. The molecule has 1 heterocycles. The van der Waals surface area contributed by atoms with Gasteiger partial charge in [0.2, 0.25) is 0 Å². The molecule has 0 bridgehead atoms. The summed E-state index contributed by atoms with van der Waals surface area (Å²) in [7, 11) is -3.20. The lowest BCUT2D eigenvalue weighted by atomic mass is 9.99. The van der Waals surface area contributed by atoms with E-state index in [4.69, 9.17) is 9.84 Å². The highest BCUT2D eigenvalue weighted by Crippen LogP contribution is 2.20. The molecule has 6 nitrogen and oxygen atoms in total. The lowest BCUT2D eigenvalue weighted by molar-refractivity contribution is 0.0839. The van der Waals surface area contributed by atoms with Gasteiger partial charge in [-0.3, -0.25) is 0 Å². The van der Waals surface area contributed by atoms with Crippen LogP contribution in [0.2, 0.25) is 0 Å². The molecule has 128 valence electrons. The number of likely N-dealkylation sites (tertiary alicyclic amines) is 1. The van der Waals surface area contributed by atoms with Gasteiger partial charge >= 0.3 is 6.09 Å². The minimum Gasteiger partial charge on any atom is -0.445 e. The van der Waals surface area contributed by atoms with Gasteiger partial charge in [0.05, 0.1) is 18.1 Å². The Morgan fingerprint density at radius 1 is 1.22 bits per heavy atom. The number of ether oxygens (including phenoxy) is 1. The van der Waals surface area contributed by atoms with Crippen molar-refractivity contribution in [1.29, 1.82) is 0 Å². The van der Waals surface area contributed by atoms with Crippen LogP contribution in [-0.4, -0.2) is 55.7 Å². The van der Waals surface area contributed by atoms with Crippen molar-refractivity contribution in [1.82, 2.24) is 4.90 Å². The van der Waals surface area contributed by atoms with Crippen LogP contribution in [0.4, 0.5) is 4.79 Å². The maximum Gasteiger partial charge on any atom is 0.410 e. The second kappa shape index (κ2) is 8.31. The van der Waals surface area contributed by atoms with Crippen molar-refractivity contribution < 1.29 is 23.1 Å². The van der Waals surface area contributed by atoms with Gasteiger partial charge in [0.25, 0.3) is 0 Å². The highest BCUT2D eigenvalue weighted by molar-refractivity contribution is 7.91. The average Bonchev–Trinajstić information content (AvgIpc) is 2.54. The maximum atomic E-state index is 12.0. The predicted octanol–water partition coefficient (Wildman–Crippen LogP) is 1.44. The molecule has 0 spiro atoms. The minimum absolute atomic E-state index is 0.0460. The molecule has 0 saturated carbocycles. The lowest BCUT2D eigenvalue weighted by Crippen LogP contribution is -2.40. The van der Waals surface area contributed by atoms with Crippen molar-refractivity contribution in [2.45, 2.75) is 19.4 Å². The Kier molecular flexibility index (Phi) is 6.41. The highest BCUT2D eigenvalue weighted by Gasteiger charge is 2.27. The first kappa shape index (κ1) is 17.7. The summed E-state index contributed by atoms with van der Waals surface area (Å²) in [6.45, 7) is 0.914. The molecule has 2 rings (SSSR count). The van der Waals surface area contributed by atoms with Gasteiger partial charge in [-0.1, -0.05) is 30.3 Å². The molecule has 1 amide bonds. The van der Waals surface area contributed by atoms with E-state index in [-0.39, 0.29) is 36.7 Å². The number of nitrogens with zero attached hydrogens (tertiary/aromatic N) is 1. The monoisotopic (exact) mass is 341 g/mol. The van der Waals surface area contributed by atoms with E-state index in [1.807, 2.05) is 30.3 Å². The first-order chi connectivity index (χ1) is 11.0. The highest BCUT2D eigenvalue weighted by atomic mass is 32.2. The molecule has 1 aromatic rings. The number of carbonyl (C=O) groups is 1. The van der Waals surface area contributed by atoms with Gasteiger partial charge in [-0.05, 0) is 24.3 Å². The second-order valence-corrected chi connectivity index (χ2v) is 8.04. The number of hydrogen-bond donors (Lipinski definition) is 1. The molecule has 1 aromatic carbocycles. The number of aliphatic hydroxyl groups excluding tert-OH is 1. The summed E-state index contributed by atoms with van der Waals surface area (Å²) in [6, 6.07) is 9.47. The largest absolute Gasteiger partial charge is 0.445 e. The fourth-order valence-electron chi connectivity index (χ4n) is 2.67.